The number of rotatable bonds is 13. The van der Waals surface area contributed by atoms with E-state index in [2.05, 4.69) is 47.0 Å². The first-order chi connectivity index (χ1) is 9.41. The zero-order valence-electron chi connectivity index (χ0n) is 12.8. The second-order valence-electron chi connectivity index (χ2n) is 4.47. The minimum absolute atomic E-state index is 0.800. The molecule has 0 aromatic carbocycles. The van der Waals surface area contributed by atoms with Crippen molar-refractivity contribution in [1.82, 2.24) is 21.3 Å². The summed E-state index contributed by atoms with van der Waals surface area (Å²) in [6, 6.07) is 0. The van der Waals surface area contributed by atoms with E-state index in [0.717, 1.165) is 52.4 Å². The lowest BCUT2D eigenvalue weighted by atomic mass is 10.3. The van der Waals surface area contributed by atoms with Crippen molar-refractivity contribution < 1.29 is 0 Å². The molecule has 4 nitrogen and oxygen atoms in total. The van der Waals surface area contributed by atoms with E-state index in [1.54, 1.807) is 0 Å². The van der Waals surface area contributed by atoms with Gasteiger partial charge in [0, 0.05) is 0 Å². The van der Waals surface area contributed by atoms with Crippen LogP contribution in [0.2, 0.25) is 0 Å². The monoisotopic (exact) mass is 268 g/mol. The van der Waals surface area contributed by atoms with Crippen LogP contribution in [0.1, 0.15) is 33.1 Å². The van der Waals surface area contributed by atoms with Gasteiger partial charge in [-0.1, -0.05) is 25.7 Å². The summed E-state index contributed by atoms with van der Waals surface area (Å²) in [6.45, 7) is 12.3. The van der Waals surface area contributed by atoms with Gasteiger partial charge < -0.3 is 21.3 Å². The molecule has 0 aromatic heterocycles. The molecule has 4 heteroatoms. The molecule has 0 atom stereocenters. The van der Waals surface area contributed by atoms with Gasteiger partial charge in [-0.05, 0) is 58.5 Å². The Hall–Kier alpha value is -0.600. The molecule has 0 saturated heterocycles. The van der Waals surface area contributed by atoms with Crippen LogP contribution in [-0.4, -0.2) is 52.4 Å². The Morgan fingerprint density at radius 1 is 0.579 bits per heavy atom. The van der Waals surface area contributed by atoms with E-state index >= 15 is 0 Å². The van der Waals surface area contributed by atoms with Crippen molar-refractivity contribution in [2.75, 3.05) is 52.4 Å². The molecule has 0 aliphatic rings. The molecule has 0 amide bonds. The number of hydrogen-bond donors (Lipinski definition) is 4. The minimum Gasteiger partial charge on any atom is -0.317 e. The fourth-order valence-corrected chi connectivity index (χ4v) is 1.62. The lowest BCUT2D eigenvalue weighted by molar-refractivity contribution is 0.610. The first-order valence-corrected chi connectivity index (χ1v) is 7.70. The molecule has 0 bridgehead atoms. The van der Waals surface area contributed by atoms with Crippen molar-refractivity contribution >= 4 is 0 Å². The van der Waals surface area contributed by atoms with Gasteiger partial charge in [-0.2, -0.15) is 0 Å². The number of nitrogens with one attached hydrogen (secondary N) is 4. The van der Waals surface area contributed by atoms with E-state index in [1.807, 2.05) is 0 Å². The maximum Gasteiger partial charge on any atom is 0.0577 e. The predicted octanol–water partition coefficient (Wildman–Crippen LogP) is 0.558. The lowest BCUT2D eigenvalue weighted by Gasteiger charge is -2.02. The van der Waals surface area contributed by atoms with Gasteiger partial charge in [0.25, 0.3) is 0 Å². The Morgan fingerprint density at radius 2 is 1.00 bits per heavy atom. The van der Waals surface area contributed by atoms with Crippen LogP contribution in [0.4, 0.5) is 0 Å². The van der Waals surface area contributed by atoms with Crippen LogP contribution in [0.15, 0.2) is 0 Å². The summed E-state index contributed by atoms with van der Waals surface area (Å²) >= 11 is 0. The third kappa shape index (κ3) is 17.4. The molecule has 0 radical (unpaired) electrons. The van der Waals surface area contributed by atoms with Crippen molar-refractivity contribution in [2.45, 2.75) is 33.1 Å². The Balaban J connectivity index is 3.05. The minimum atomic E-state index is 0.800. The van der Waals surface area contributed by atoms with E-state index in [1.165, 1.54) is 19.3 Å². The quantitative estimate of drug-likeness (QED) is 0.291. The first-order valence-electron chi connectivity index (χ1n) is 7.70. The van der Waals surface area contributed by atoms with E-state index in [9.17, 15) is 0 Å². The molecule has 0 aliphatic carbocycles. The van der Waals surface area contributed by atoms with Crippen LogP contribution in [0.25, 0.3) is 0 Å². The SMILES string of the molecule is CCNCCCCNCC#CCNCCCNCC. The van der Waals surface area contributed by atoms with Crippen LogP contribution in [0.5, 0.6) is 0 Å². The highest BCUT2D eigenvalue weighted by Crippen LogP contribution is 1.83. The zero-order valence-corrected chi connectivity index (χ0v) is 12.8. The highest BCUT2D eigenvalue weighted by molar-refractivity contribution is 5.02. The summed E-state index contributed by atoms with van der Waals surface area (Å²) in [5.41, 5.74) is 0. The maximum atomic E-state index is 3.34. The van der Waals surface area contributed by atoms with Crippen molar-refractivity contribution in [3.63, 3.8) is 0 Å². The van der Waals surface area contributed by atoms with E-state index in [0.29, 0.717) is 0 Å². The van der Waals surface area contributed by atoms with Crippen molar-refractivity contribution in [3.8, 4) is 11.8 Å². The van der Waals surface area contributed by atoms with Crippen LogP contribution < -0.4 is 21.3 Å². The smallest absolute Gasteiger partial charge is 0.0577 e. The average molecular weight is 268 g/mol. The van der Waals surface area contributed by atoms with Gasteiger partial charge in [-0.25, -0.2) is 0 Å². The van der Waals surface area contributed by atoms with Gasteiger partial charge in [0.1, 0.15) is 0 Å². The van der Waals surface area contributed by atoms with Crippen LogP contribution in [0, 0.1) is 11.8 Å². The molecule has 4 N–H and O–H groups in total. The van der Waals surface area contributed by atoms with E-state index in [-0.39, 0.29) is 0 Å². The molecule has 0 heterocycles. The molecule has 0 rings (SSSR count). The fraction of sp³-hybridized carbons (Fsp3) is 0.867. The molecule has 19 heavy (non-hydrogen) atoms. The summed E-state index contributed by atoms with van der Waals surface area (Å²) in [6.07, 6.45) is 3.62. The van der Waals surface area contributed by atoms with Gasteiger partial charge in [0.2, 0.25) is 0 Å². The third-order valence-corrected chi connectivity index (χ3v) is 2.72. The van der Waals surface area contributed by atoms with Crippen molar-refractivity contribution in [2.24, 2.45) is 0 Å². The standard InChI is InChI=1S/C15H32N4/c1-3-16-10-5-6-11-18-12-7-8-13-19-15-9-14-17-4-2/h16-19H,3-6,9-15H2,1-2H3. The summed E-state index contributed by atoms with van der Waals surface area (Å²) in [7, 11) is 0. The van der Waals surface area contributed by atoms with Crippen molar-refractivity contribution in [3.05, 3.63) is 0 Å². The number of hydrogen-bond acceptors (Lipinski definition) is 4. The zero-order chi connectivity index (χ0) is 14.0. The van der Waals surface area contributed by atoms with Gasteiger partial charge in [0.15, 0.2) is 0 Å². The van der Waals surface area contributed by atoms with Crippen LogP contribution in [0.3, 0.4) is 0 Å². The second-order valence-corrected chi connectivity index (χ2v) is 4.47. The first kappa shape index (κ1) is 18.4. The molecule has 0 fully saturated rings. The molecule has 112 valence electrons. The average Bonchev–Trinajstić information content (AvgIpc) is 2.43. The highest BCUT2D eigenvalue weighted by atomic mass is 14.9. The molecule has 0 unspecified atom stereocenters. The largest absolute Gasteiger partial charge is 0.317 e. The fourth-order valence-electron chi connectivity index (χ4n) is 1.62. The normalized spacial score (nSPS) is 10.2. The van der Waals surface area contributed by atoms with Crippen LogP contribution >= 0.6 is 0 Å². The second kappa shape index (κ2) is 17.4. The molecular formula is C15H32N4. The molecule has 0 spiro atoms. The number of unbranched alkanes of at least 4 members (excludes halogenated alkanes) is 1. The lowest BCUT2D eigenvalue weighted by Crippen LogP contribution is -2.22. The van der Waals surface area contributed by atoms with Crippen molar-refractivity contribution in [1.29, 1.82) is 0 Å². The van der Waals surface area contributed by atoms with E-state index in [4.69, 9.17) is 0 Å². The van der Waals surface area contributed by atoms with Gasteiger partial charge >= 0.3 is 0 Å². The summed E-state index contributed by atoms with van der Waals surface area (Å²) in [5.74, 6) is 6.27. The van der Waals surface area contributed by atoms with Gasteiger partial charge in [-0.15, -0.1) is 0 Å². The van der Waals surface area contributed by atoms with Crippen LogP contribution in [-0.2, 0) is 0 Å². The summed E-state index contributed by atoms with van der Waals surface area (Å²) in [4.78, 5) is 0. The van der Waals surface area contributed by atoms with Gasteiger partial charge in [0.05, 0.1) is 13.1 Å². The topological polar surface area (TPSA) is 48.1 Å². The Bertz CT molecular complexity index is 220. The molecule has 0 saturated carbocycles. The van der Waals surface area contributed by atoms with E-state index < -0.39 is 0 Å². The Morgan fingerprint density at radius 3 is 1.53 bits per heavy atom. The molecule has 0 aliphatic heterocycles. The highest BCUT2D eigenvalue weighted by Gasteiger charge is 1.87. The molecule has 0 aromatic rings. The molecular weight excluding hydrogens is 236 g/mol. The predicted molar refractivity (Wildman–Crippen MR) is 84.5 cm³/mol. The summed E-state index contributed by atoms with van der Waals surface area (Å²) in [5, 5.41) is 13.3. The Labute approximate surface area is 119 Å². The summed E-state index contributed by atoms with van der Waals surface area (Å²) < 4.78 is 0. The maximum absolute atomic E-state index is 3.34. The third-order valence-electron chi connectivity index (χ3n) is 2.72. The van der Waals surface area contributed by atoms with Gasteiger partial charge in [-0.3, -0.25) is 0 Å². The Kier molecular flexibility index (Phi) is 16.9.